The van der Waals surface area contributed by atoms with Crippen LogP contribution in [0.25, 0.3) is 0 Å². The first kappa shape index (κ1) is 21.0. The first-order valence-electron chi connectivity index (χ1n) is 10.3. The second-order valence-electron chi connectivity index (χ2n) is 7.43. The van der Waals surface area contributed by atoms with Crippen LogP contribution in [0, 0.1) is 6.92 Å². The highest BCUT2D eigenvalue weighted by Gasteiger charge is 2.19. The average molecular weight is 427 g/mol. The van der Waals surface area contributed by atoms with Gasteiger partial charge in [0.05, 0.1) is 17.5 Å². The van der Waals surface area contributed by atoms with Crippen LogP contribution in [0.15, 0.2) is 129 Å². The minimum absolute atomic E-state index is 0.407. The monoisotopic (exact) mass is 426 g/mol. The second kappa shape index (κ2) is 9.73. The third-order valence-electron chi connectivity index (χ3n) is 5.00. The molecule has 4 rings (SSSR count). The Morgan fingerprint density at radius 1 is 0.645 bits per heavy atom. The highest BCUT2D eigenvalue weighted by atomic mass is 32.2. The van der Waals surface area contributed by atoms with E-state index in [4.69, 9.17) is 8.73 Å². The lowest BCUT2D eigenvalue weighted by Crippen LogP contribution is -2.14. The molecule has 0 bridgehead atoms. The summed E-state index contributed by atoms with van der Waals surface area (Å²) in [6.45, 7) is 2.05. The maximum absolute atomic E-state index is 11.3. The molecule has 0 radical (unpaired) electrons. The molecule has 156 valence electrons. The van der Waals surface area contributed by atoms with Crippen LogP contribution >= 0.6 is 0 Å². The third kappa shape index (κ3) is 5.29. The minimum Gasteiger partial charge on any atom is -0.387 e. The van der Waals surface area contributed by atoms with E-state index in [0.717, 1.165) is 21.8 Å². The highest BCUT2D eigenvalue weighted by molar-refractivity contribution is 7.96. The van der Waals surface area contributed by atoms with Gasteiger partial charge in [0.1, 0.15) is 0 Å². The van der Waals surface area contributed by atoms with Gasteiger partial charge in [0.2, 0.25) is 0 Å². The van der Waals surface area contributed by atoms with Crippen molar-refractivity contribution in [2.24, 2.45) is 8.73 Å². The summed E-state index contributed by atoms with van der Waals surface area (Å²) >= 11 is 0. The number of nitrogens with zero attached hydrogens (tertiary/aromatic N) is 2. The lowest BCUT2D eigenvalue weighted by atomic mass is 10.1. The molecule has 4 heteroatoms. The van der Waals surface area contributed by atoms with Crippen molar-refractivity contribution in [3.05, 3.63) is 126 Å². The van der Waals surface area contributed by atoms with Crippen LogP contribution in [0.5, 0.6) is 0 Å². The molecule has 1 unspecified atom stereocenters. The Bertz CT molecular complexity index is 1180. The van der Waals surface area contributed by atoms with E-state index in [2.05, 4.69) is 12.1 Å². The molecule has 0 aromatic heterocycles. The van der Waals surface area contributed by atoms with Crippen molar-refractivity contribution in [1.82, 2.24) is 0 Å². The van der Waals surface area contributed by atoms with Gasteiger partial charge in [0.25, 0.3) is 0 Å². The standard InChI is InChI=1S/C27H26N2OS/c1-22-17-19-23(20-18-22)27(30)21-31(26-15-9-4-10-16-26,28-24-11-5-2-6-12-24)29-25-13-7-3-8-14-25/h2-20,27,30H,21H2,1H3. The van der Waals surface area contributed by atoms with Crippen LogP contribution in [0.1, 0.15) is 17.2 Å². The summed E-state index contributed by atoms with van der Waals surface area (Å²) in [4.78, 5) is 1.02. The van der Waals surface area contributed by atoms with Gasteiger partial charge in [-0.15, -0.1) is 0 Å². The Labute approximate surface area is 184 Å². The SMILES string of the molecule is Cc1ccc(C(O)CS(=Nc2ccccc2)(=Nc2ccccc2)c2ccccc2)cc1. The Balaban J connectivity index is 1.94. The average Bonchev–Trinajstić information content (AvgIpc) is 2.81. The molecule has 4 aromatic rings. The van der Waals surface area contributed by atoms with Gasteiger partial charge in [-0.1, -0.05) is 84.4 Å². The molecule has 3 nitrogen and oxygen atoms in total. The number of benzene rings is 4. The Morgan fingerprint density at radius 2 is 1.10 bits per heavy atom. The van der Waals surface area contributed by atoms with E-state index in [1.165, 1.54) is 5.56 Å². The maximum Gasteiger partial charge on any atom is 0.0902 e. The molecule has 1 atom stereocenters. The number of hydrogen-bond donors (Lipinski definition) is 1. The molecule has 1 N–H and O–H groups in total. The molecule has 0 amide bonds. The summed E-state index contributed by atoms with van der Waals surface area (Å²) < 4.78 is 10.4. The zero-order valence-electron chi connectivity index (χ0n) is 17.5. The van der Waals surface area contributed by atoms with Crippen LogP contribution < -0.4 is 0 Å². The van der Waals surface area contributed by atoms with Crippen molar-refractivity contribution in [1.29, 1.82) is 0 Å². The van der Waals surface area contributed by atoms with Gasteiger partial charge in [-0.3, -0.25) is 0 Å². The molecule has 0 aliphatic rings. The summed E-state index contributed by atoms with van der Waals surface area (Å²) in [6.07, 6.45) is -0.685. The molecule has 0 aliphatic carbocycles. The van der Waals surface area contributed by atoms with Crippen LogP contribution in [-0.4, -0.2) is 10.9 Å². The van der Waals surface area contributed by atoms with Crippen molar-refractivity contribution < 1.29 is 5.11 Å². The number of hydrogen-bond acceptors (Lipinski definition) is 3. The zero-order chi connectivity index (χ0) is 21.5. The second-order valence-corrected chi connectivity index (χ2v) is 9.93. The fourth-order valence-corrected chi connectivity index (χ4v) is 6.13. The van der Waals surface area contributed by atoms with Crippen LogP contribution in [-0.2, 0) is 9.62 Å². The summed E-state index contributed by atoms with van der Waals surface area (Å²) in [5, 5.41) is 11.3. The van der Waals surface area contributed by atoms with Gasteiger partial charge >= 0.3 is 0 Å². The van der Waals surface area contributed by atoms with Crippen LogP contribution in [0.4, 0.5) is 11.4 Å². The molecule has 0 fully saturated rings. The molecule has 4 aromatic carbocycles. The lowest BCUT2D eigenvalue weighted by molar-refractivity contribution is 0.203. The topological polar surface area (TPSA) is 45.0 Å². The van der Waals surface area contributed by atoms with E-state index in [-0.39, 0.29) is 0 Å². The Hall–Kier alpha value is -3.21. The van der Waals surface area contributed by atoms with Gasteiger partial charge in [0, 0.05) is 10.6 Å². The first-order chi connectivity index (χ1) is 15.1. The predicted molar refractivity (Wildman–Crippen MR) is 130 cm³/mol. The van der Waals surface area contributed by atoms with Crippen LogP contribution in [0.2, 0.25) is 0 Å². The smallest absolute Gasteiger partial charge is 0.0902 e. The largest absolute Gasteiger partial charge is 0.387 e. The number of aliphatic hydroxyl groups excluding tert-OH is 1. The van der Waals surface area contributed by atoms with Crippen molar-refractivity contribution in [3.8, 4) is 0 Å². The van der Waals surface area contributed by atoms with E-state index in [1.54, 1.807) is 0 Å². The third-order valence-corrected chi connectivity index (χ3v) is 7.83. The first-order valence-corrected chi connectivity index (χ1v) is 12.0. The summed E-state index contributed by atoms with van der Waals surface area (Å²) in [5.41, 5.74) is 3.76. The fraction of sp³-hybridized carbons (Fsp3) is 0.111. The Morgan fingerprint density at radius 3 is 1.58 bits per heavy atom. The fourth-order valence-electron chi connectivity index (χ4n) is 3.37. The minimum atomic E-state index is -2.14. The number of aryl methyl sites for hydroxylation is 1. The van der Waals surface area contributed by atoms with E-state index < -0.39 is 15.7 Å². The predicted octanol–water partition coefficient (Wildman–Crippen LogP) is 7.27. The maximum atomic E-state index is 11.3. The summed E-state index contributed by atoms with van der Waals surface area (Å²) in [5.74, 6) is 0.407. The molecule has 0 spiro atoms. The number of aliphatic hydroxyl groups is 1. The van der Waals surface area contributed by atoms with Crippen LogP contribution in [0.3, 0.4) is 0 Å². The molecule has 0 saturated heterocycles. The van der Waals surface area contributed by atoms with Gasteiger partial charge < -0.3 is 5.11 Å². The zero-order valence-corrected chi connectivity index (χ0v) is 18.3. The normalized spacial score (nSPS) is 12.2. The summed E-state index contributed by atoms with van der Waals surface area (Å²) in [6, 6.07) is 38.0. The van der Waals surface area contributed by atoms with E-state index in [9.17, 15) is 5.11 Å². The lowest BCUT2D eigenvalue weighted by Gasteiger charge is -2.21. The van der Waals surface area contributed by atoms with Crippen molar-refractivity contribution >= 4 is 21.0 Å². The van der Waals surface area contributed by atoms with Gasteiger partial charge in [-0.05, 0) is 58.5 Å². The van der Waals surface area contributed by atoms with Gasteiger partial charge in [0.15, 0.2) is 0 Å². The van der Waals surface area contributed by atoms with Crippen molar-refractivity contribution in [2.75, 3.05) is 5.75 Å². The molecular weight excluding hydrogens is 400 g/mol. The van der Waals surface area contributed by atoms with Crippen molar-refractivity contribution in [2.45, 2.75) is 17.9 Å². The van der Waals surface area contributed by atoms with E-state index >= 15 is 0 Å². The molecule has 0 aliphatic heterocycles. The number of rotatable bonds is 6. The van der Waals surface area contributed by atoms with Gasteiger partial charge in [-0.2, -0.15) is 0 Å². The summed E-state index contributed by atoms with van der Waals surface area (Å²) in [7, 11) is -2.14. The molecule has 31 heavy (non-hydrogen) atoms. The van der Waals surface area contributed by atoms with Crippen molar-refractivity contribution in [3.63, 3.8) is 0 Å². The molecule has 0 heterocycles. The van der Waals surface area contributed by atoms with E-state index in [0.29, 0.717) is 5.75 Å². The highest BCUT2D eigenvalue weighted by Crippen LogP contribution is 2.31. The Kier molecular flexibility index (Phi) is 6.60. The van der Waals surface area contributed by atoms with E-state index in [1.807, 2.05) is 110 Å². The molecule has 0 saturated carbocycles. The quantitative estimate of drug-likeness (QED) is 0.346. The van der Waals surface area contributed by atoms with Gasteiger partial charge in [-0.25, -0.2) is 8.73 Å². The molecular formula is C27H26N2OS.